The van der Waals surface area contributed by atoms with Gasteiger partial charge in [-0.15, -0.1) is 0 Å². The van der Waals surface area contributed by atoms with Gasteiger partial charge in [-0.1, -0.05) is 19.1 Å². The molecule has 4 saturated carbocycles. The minimum atomic E-state index is -0.227. The van der Waals surface area contributed by atoms with E-state index in [2.05, 4.69) is 13.8 Å². The number of rotatable bonds is 5. The summed E-state index contributed by atoms with van der Waals surface area (Å²) in [7, 11) is 3.79. The summed E-state index contributed by atoms with van der Waals surface area (Å²) < 4.78 is 18.9. The van der Waals surface area contributed by atoms with E-state index in [-0.39, 0.29) is 23.2 Å². The van der Waals surface area contributed by atoms with E-state index in [1.54, 1.807) is 0 Å². The monoisotopic (exact) mass is 469 g/mol. The molecule has 34 heavy (non-hydrogen) atoms. The molecule has 0 aromatic heterocycles. The molecule has 1 amide bonds. The Morgan fingerprint density at radius 2 is 1.79 bits per heavy atom. The summed E-state index contributed by atoms with van der Waals surface area (Å²) >= 11 is 0. The number of carbonyl (C=O) groups is 1. The Kier molecular flexibility index (Phi) is 6.83. The fourth-order valence-electron chi connectivity index (χ4n) is 9.14. The molecule has 0 bridgehead atoms. The number of fused-ring (bicyclic) bond motifs is 5. The molecule has 0 saturated heterocycles. The highest BCUT2D eigenvalue weighted by atomic mass is 19.1. The van der Waals surface area contributed by atoms with Gasteiger partial charge in [0.15, 0.2) is 0 Å². The average molecular weight is 470 g/mol. The third kappa shape index (κ3) is 4.12. The van der Waals surface area contributed by atoms with Gasteiger partial charge in [0.05, 0.1) is 6.04 Å². The number of hydrogen-bond donors (Lipinski definition) is 0. The fraction of sp³-hybridized carbons (Fsp3) is 0.767. The number of halogens is 1. The number of carbonyl (C=O) groups excluding carboxylic acids is 1. The zero-order valence-corrected chi connectivity index (χ0v) is 21.6. The first-order valence-corrected chi connectivity index (χ1v) is 13.8. The average Bonchev–Trinajstić information content (AvgIpc) is 3.20. The number of benzene rings is 1. The second-order valence-corrected chi connectivity index (χ2v) is 12.4. The molecule has 0 aliphatic heterocycles. The highest BCUT2D eigenvalue weighted by molar-refractivity contribution is 5.80. The number of ether oxygens (including phenoxy) is 1. The van der Waals surface area contributed by atoms with Crippen LogP contribution in [-0.2, 0) is 9.53 Å². The lowest BCUT2D eigenvalue weighted by atomic mass is 9.49. The lowest BCUT2D eigenvalue weighted by Gasteiger charge is -2.56. The van der Waals surface area contributed by atoms with Gasteiger partial charge in [0.2, 0.25) is 5.91 Å². The van der Waals surface area contributed by atoms with Gasteiger partial charge in [0.1, 0.15) is 5.82 Å². The van der Waals surface area contributed by atoms with Gasteiger partial charge in [-0.2, -0.15) is 0 Å². The predicted octanol–water partition coefficient (Wildman–Crippen LogP) is 6.88. The van der Waals surface area contributed by atoms with Crippen molar-refractivity contribution in [3.05, 3.63) is 35.6 Å². The molecule has 1 aromatic carbocycles. The minimum absolute atomic E-state index is 0.0372. The number of amides is 1. The van der Waals surface area contributed by atoms with E-state index >= 15 is 0 Å². The van der Waals surface area contributed by atoms with Crippen molar-refractivity contribution < 1.29 is 13.9 Å². The van der Waals surface area contributed by atoms with E-state index in [9.17, 15) is 9.18 Å². The van der Waals surface area contributed by atoms with Crippen LogP contribution in [0.25, 0.3) is 0 Å². The Bertz CT molecular complexity index is 871. The maximum atomic E-state index is 13.8. The molecule has 4 fully saturated rings. The quantitative estimate of drug-likeness (QED) is 0.471. The summed E-state index contributed by atoms with van der Waals surface area (Å²) in [5, 5.41) is 0. The molecule has 1 aromatic rings. The Hall–Kier alpha value is -1.42. The standard InChI is InChI=1S/C30H44FNO2/c1-19(21-6-9-23(31)10-7-21)32(3)29(33)28-14-13-27-26-12-8-22-17-20(18-34-4)5-11-24(22)25(26)15-16-30(27,28)2/h6-7,9-10,19-20,22,24-28H,5,8,11-18H2,1-4H3. The van der Waals surface area contributed by atoms with Crippen LogP contribution in [0.4, 0.5) is 4.39 Å². The number of nitrogens with zero attached hydrogens (tertiary/aromatic N) is 1. The van der Waals surface area contributed by atoms with Gasteiger partial charge in [-0.3, -0.25) is 4.79 Å². The third-order valence-corrected chi connectivity index (χ3v) is 11.0. The summed E-state index contributed by atoms with van der Waals surface area (Å²) in [6, 6.07) is 6.58. The molecule has 9 unspecified atom stereocenters. The molecule has 0 N–H and O–H groups in total. The van der Waals surface area contributed by atoms with Crippen molar-refractivity contribution in [2.24, 2.45) is 46.8 Å². The Morgan fingerprint density at radius 3 is 2.53 bits per heavy atom. The van der Waals surface area contributed by atoms with Gasteiger partial charge < -0.3 is 9.64 Å². The second-order valence-electron chi connectivity index (χ2n) is 12.4. The molecule has 0 spiro atoms. The summed E-state index contributed by atoms with van der Waals surface area (Å²) in [5.74, 6) is 5.18. The van der Waals surface area contributed by atoms with Gasteiger partial charge in [0, 0.05) is 26.7 Å². The molecule has 188 valence electrons. The highest BCUT2D eigenvalue weighted by Crippen LogP contribution is 2.64. The summed E-state index contributed by atoms with van der Waals surface area (Å²) in [6.07, 6.45) is 11.6. The molecule has 3 nitrogen and oxygen atoms in total. The van der Waals surface area contributed by atoms with Gasteiger partial charge in [-0.25, -0.2) is 4.39 Å². The van der Waals surface area contributed by atoms with Gasteiger partial charge in [-0.05, 0) is 123 Å². The Labute approximate surface area is 205 Å². The first kappa shape index (κ1) is 24.3. The molecule has 4 heteroatoms. The van der Waals surface area contributed by atoms with Crippen LogP contribution in [0.15, 0.2) is 24.3 Å². The zero-order valence-electron chi connectivity index (χ0n) is 21.6. The summed E-state index contributed by atoms with van der Waals surface area (Å²) in [4.78, 5) is 15.7. The number of methoxy groups -OCH3 is 1. The summed E-state index contributed by atoms with van der Waals surface area (Å²) in [5.41, 5.74) is 1.14. The third-order valence-electron chi connectivity index (χ3n) is 11.0. The number of hydrogen-bond acceptors (Lipinski definition) is 2. The maximum absolute atomic E-state index is 13.8. The first-order valence-electron chi connectivity index (χ1n) is 13.8. The van der Waals surface area contributed by atoms with E-state index in [1.807, 2.05) is 31.2 Å². The van der Waals surface area contributed by atoms with Gasteiger partial charge >= 0.3 is 0 Å². The van der Waals surface area contributed by atoms with E-state index in [0.717, 1.165) is 48.2 Å². The fourth-order valence-corrected chi connectivity index (χ4v) is 9.14. The molecule has 4 aliphatic carbocycles. The zero-order chi connectivity index (χ0) is 24.0. The van der Waals surface area contributed by atoms with Crippen LogP contribution < -0.4 is 0 Å². The lowest BCUT2D eigenvalue weighted by molar-refractivity contribution is -0.144. The van der Waals surface area contributed by atoms with E-state index in [1.165, 1.54) is 63.5 Å². The van der Waals surface area contributed by atoms with Crippen LogP contribution in [0.5, 0.6) is 0 Å². The van der Waals surface area contributed by atoms with Crippen LogP contribution in [0, 0.1) is 52.7 Å². The van der Waals surface area contributed by atoms with Crippen molar-refractivity contribution in [1.29, 1.82) is 0 Å². The molecular weight excluding hydrogens is 425 g/mol. The Morgan fingerprint density at radius 1 is 1.06 bits per heavy atom. The molecular formula is C30H44FNO2. The molecule has 9 atom stereocenters. The van der Waals surface area contributed by atoms with Crippen LogP contribution >= 0.6 is 0 Å². The predicted molar refractivity (Wildman–Crippen MR) is 134 cm³/mol. The van der Waals surface area contributed by atoms with Crippen LogP contribution in [-0.4, -0.2) is 31.6 Å². The second kappa shape index (κ2) is 9.56. The van der Waals surface area contributed by atoms with Crippen molar-refractivity contribution in [2.45, 2.75) is 77.7 Å². The van der Waals surface area contributed by atoms with Crippen molar-refractivity contribution >= 4 is 5.91 Å². The van der Waals surface area contributed by atoms with E-state index in [4.69, 9.17) is 4.74 Å². The SMILES string of the molecule is COCC1CCC2C(CCC3C2CCC2(C)C(C(=O)N(C)C(C)c4ccc(F)cc4)CCC32)C1. The van der Waals surface area contributed by atoms with E-state index < -0.39 is 0 Å². The van der Waals surface area contributed by atoms with Crippen molar-refractivity contribution in [2.75, 3.05) is 20.8 Å². The lowest BCUT2D eigenvalue weighted by Crippen LogP contribution is -2.50. The highest BCUT2D eigenvalue weighted by Gasteiger charge is 2.58. The first-order chi connectivity index (χ1) is 16.3. The molecule has 5 rings (SSSR count). The van der Waals surface area contributed by atoms with Crippen LogP contribution in [0.1, 0.15) is 83.2 Å². The van der Waals surface area contributed by atoms with Crippen molar-refractivity contribution in [3.8, 4) is 0 Å². The largest absolute Gasteiger partial charge is 0.384 e. The smallest absolute Gasteiger partial charge is 0.226 e. The van der Waals surface area contributed by atoms with E-state index in [0.29, 0.717) is 11.8 Å². The van der Waals surface area contributed by atoms with Crippen molar-refractivity contribution in [1.82, 2.24) is 4.90 Å². The Balaban J connectivity index is 1.28. The minimum Gasteiger partial charge on any atom is -0.384 e. The van der Waals surface area contributed by atoms with Gasteiger partial charge in [0.25, 0.3) is 0 Å². The van der Waals surface area contributed by atoms with Crippen LogP contribution in [0.3, 0.4) is 0 Å². The topological polar surface area (TPSA) is 29.5 Å². The maximum Gasteiger partial charge on any atom is 0.226 e. The van der Waals surface area contributed by atoms with Crippen molar-refractivity contribution in [3.63, 3.8) is 0 Å². The normalized spacial score (nSPS) is 40.1. The van der Waals surface area contributed by atoms with Crippen LogP contribution in [0.2, 0.25) is 0 Å². The summed E-state index contributed by atoms with van der Waals surface area (Å²) in [6.45, 7) is 5.45. The molecule has 4 aliphatic rings. The molecule has 0 radical (unpaired) electrons. The molecule has 0 heterocycles.